The largest absolute Gasteiger partial charge is 0.481 e. The standard InChI is InChI=1S/C15H18BrNO3/c1-10-4-5-11(8-12(10)16)14(20)17-15(9-13(18)19)6-2-3-7-15/h4-5,8H,2-3,6-7,9H2,1H3,(H,17,20)(H,18,19). The van der Waals surface area contributed by atoms with E-state index in [-0.39, 0.29) is 12.3 Å². The summed E-state index contributed by atoms with van der Waals surface area (Å²) in [5.41, 5.74) is 1.03. The van der Waals surface area contributed by atoms with Crippen molar-refractivity contribution in [1.29, 1.82) is 0 Å². The summed E-state index contributed by atoms with van der Waals surface area (Å²) >= 11 is 3.41. The number of carboxylic acids is 1. The third kappa shape index (κ3) is 3.39. The molecule has 1 saturated carbocycles. The van der Waals surface area contributed by atoms with E-state index in [2.05, 4.69) is 21.2 Å². The van der Waals surface area contributed by atoms with Gasteiger partial charge in [-0.2, -0.15) is 0 Å². The molecule has 1 aromatic carbocycles. The lowest BCUT2D eigenvalue weighted by Crippen LogP contribution is -2.47. The number of benzene rings is 1. The van der Waals surface area contributed by atoms with Gasteiger partial charge in [0.25, 0.3) is 5.91 Å². The molecular formula is C15H18BrNO3. The van der Waals surface area contributed by atoms with E-state index in [1.54, 1.807) is 12.1 Å². The molecule has 2 rings (SSSR count). The lowest BCUT2D eigenvalue weighted by atomic mass is 9.92. The number of hydrogen-bond donors (Lipinski definition) is 2. The van der Waals surface area contributed by atoms with E-state index in [1.807, 2.05) is 13.0 Å². The topological polar surface area (TPSA) is 66.4 Å². The molecule has 0 heterocycles. The van der Waals surface area contributed by atoms with Crippen LogP contribution in [0.1, 0.15) is 48.0 Å². The zero-order valence-corrected chi connectivity index (χ0v) is 13.0. The van der Waals surface area contributed by atoms with E-state index >= 15 is 0 Å². The number of rotatable bonds is 4. The van der Waals surface area contributed by atoms with E-state index in [0.29, 0.717) is 5.56 Å². The van der Waals surface area contributed by atoms with Crippen molar-refractivity contribution in [3.05, 3.63) is 33.8 Å². The van der Waals surface area contributed by atoms with Crippen LogP contribution in [0.5, 0.6) is 0 Å². The van der Waals surface area contributed by atoms with Crippen molar-refractivity contribution < 1.29 is 14.7 Å². The summed E-state index contributed by atoms with van der Waals surface area (Å²) in [6, 6.07) is 5.41. The normalized spacial score (nSPS) is 16.9. The minimum atomic E-state index is -0.864. The maximum absolute atomic E-state index is 12.3. The van der Waals surface area contributed by atoms with Gasteiger partial charge in [-0.1, -0.05) is 34.8 Å². The third-order valence-electron chi connectivity index (χ3n) is 3.86. The number of hydrogen-bond acceptors (Lipinski definition) is 2. The monoisotopic (exact) mass is 339 g/mol. The summed E-state index contributed by atoms with van der Waals surface area (Å²) in [5, 5.41) is 12.0. The Labute approximate surface area is 126 Å². The van der Waals surface area contributed by atoms with Gasteiger partial charge in [0.1, 0.15) is 0 Å². The molecular weight excluding hydrogens is 322 g/mol. The zero-order valence-electron chi connectivity index (χ0n) is 11.4. The molecule has 1 amide bonds. The summed E-state index contributed by atoms with van der Waals surface area (Å²) in [7, 11) is 0. The molecule has 0 unspecified atom stereocenters. The number of carbonyl (C=O) groups is 2. The van der Waals surface area contributed by atoms with E-state index in [9.17, 15) is 9.59 Å². The Bertz CT molecular complexity index is 536. The highest BCUT2D eigenvalue weighted by molar-refractivity contribution is 9.10. The van der Waals surface area contributed by atoms with Crippen LogP contribution in [-0.2, 0) is 4.79 Å². The van der Waals surface area contributed by atoms with E-state index in [4.69, 9.17) is 5.11 Å². The average Bonchev–Trinajstić information content (AvgIpc) is 2.79. The average molecular weight is 340 g/mol. The van der Waals surface area contributed by atoms with Crippen molar-refractivity contribution in [3.63, 3.8) is 0 Å². The van der Waals surface area contributed by atoms with Gasteiger partial charge in [-0.15, -0.1) is 0 Å². The molecule has 1 fully saturated rings. The molecule has 1 aliphatic carbocycles. The summed E-state index contributed by atoms with van der Waals surface area (Å²) in [5.74, 6) is -1.06. The molecule has 1 aromatic rings. The van der Waals surface area contributed by atoms with Gasteiger partial charge in [0.2, 0.25) is 0 Å². The Balaban J connectivity index is 2.16. The third-order valence-corrected chi connectivity index (χ3v) is 4.72. The number of aryl methyl sites for hydroxylation is 1. The second-order valence-corrected chi connectivity index (χ2v) is 6.33. The van der Waals surface area contributed by atoms with E-state index in [1.165, 1.54) is 0 Å². The Morgan fingerprint density at radius 2 is 2.00 bits per heavy atom. The van der Waals surface area contributed by atoms with Crippen LogP contribution in [0, 0.1) is 6.92 Å². The maximum Gasteiger partial charge on any atom is 0.305 e. The molecule has 20 heavy (non-hydrogen) atoms. The van der Waals surface area contributed by atoms with Crippen molar-refractivity contribution >= 4 is 27.8 Å². The van der Waals surface area contributed by atoms with Crippen LogP contribution < -0.4 is 5.32 Å². The summed E-state index contributed by atoms with van der Waals surface area (Å²) in [4.78, 5) is 23.3. The molecule has 1 aliphatic rings. The summed E-state index contributed by atoms with van der Waals surface area (Å²) < 4.78 is 0.879. The molecule has 0 bridgehead atoms. The van der Waals surface area contributed by atoms with Crippen LogP contribution in [-0.4, -0.2) is 22.5 Å². The SMILES string of the molecule is Cc1ccc(C(=O)NC2(CC(=O)O)CCCC2)cc1Br. The highest BCUT2D eigenvalue weighted by Gasteiger charge is 2.37. The predicted octanol–water partition coefficient (Wildman–Crippen LogP) is 3.27. The number of halogens is 1. The number of aliphatic carboxylic acids is 1. The summed E-state index contributed by atoms with van der Waals surface area (Å²) in [6.45, 7) is 1.95. The quantitative estimate of drug-likeness (QED) is 0.884. The Hall–Kier alpha value is -1.36. The first-order valence-electron chi connectivity index (χ1n) is 6.72. The van der Waals surface area contributed by atoms with Crippen molar-refractivity contribution in [2.45, 2.75) is 44.6 Å². The van der Waals surface area contributed by atoms with Crippen molar-refractivity contribution in [1.82, 2.24) is 5.32 Å². The fourth-order valence-corrected chi connectivity index (χ4v) is 3.11. The van der Waals surface area contributed by atoms with Crippen molar-refractivity contribution in [2.75, 3.05) is 0 Å². The second-order valence-electron chi connectivity index (χ2n) is 5.48. The van der Waals surface area contributed by atoms with Crippen LogP contribution in [0.4, 0.5) is 0 Å². The molecule has 0 spiro atoms. The maximum atomic E-state index is 12.3. The minimum Gasteiger partial charge on any atom is -0.481 e. The first kappa shape index (κ1) is 15.0. The lowest BCUT2D eigenvalue weighted by Gasteiger charge is -2.28. The Kier molecular flexibility index (Phi) is 4.48. The molecule has 5 heteroatoms. The van der Waals surface area contributed by atoms with Crippen LogP contribution in [0.3, 0.4) is 0 Å². The van der Waals surface area contributed by atoms with Gasteiger partial charge in [-0.05, 0) is 37.5 Å². The lowest BCUT2D eigenvalue weighted by molar-refractivity contribution is -0.138. The number of carbonyl (C=O) groups excluding carboxylic acids is 1. The minimum absolute atomic E-state index is 0.00816. The van der Waals surface area contributed by atoms with Gasteiger partial charge >= 0.3 is 5.97 Å². The van der Waals surface area contributed by atoms with Crippen LogP contribution >= 0.6 is 15.9 Å². The van der Waals surface area contributed by atoms with Gasteiger partial charge in [-0.3, -0.25) is 9.59 Å². The first-order chi connectivity index (χ1) is 9.42. The zero-order chi connectivity index (χ0) is 14.8. The molecule has 0 atom stereocenters. The highest BCUT2D eigenvalue weighted by atomic mass is 79.9. The molecule has 4 nitrogen and oxygen atoms in total. The van der Waals surface area contributed by atoms with E-state index in [0.717, 1.165) is 35.7 Å². The predicted molar refractivity (Wildman–Crippen MR) is 79.8 cm³/mol. The highest BCUT2D eigenvalue weighted by Crippen LogP contribution is 2.33. The second kappa shape index (κ2) is 5.95. The van der Waals surface area contributed by atoms with Crippen LogP contribution in [0.2, 0.25) is 0 Å². The van der Waals surface area contributed by atoms with E-state index < -0.39 is 11.5 Å². The molecule has 0 aliphatic heterocycles. The number of nitrogens with one attached hydrogen (secondary N) is 1. The van der Waals surface area contributed by atoms with Crippen LogP contribution in [0.25, 0.3) is 0 Å². The van der Waals surface area contributed by atoms with Gasteiger partial charge < -0.3 is 10.4 Å². The van der Waals surface area contributed by atoms with Crippen molar-refractivity contribution in [3.8, 4) is 0 Å². The van der Waals surface area contributed by atoms with Crippen molar-refractivity contribution in [2.24, 2.45) is 0 Å². The smallest absolute Gasteiger partial charge is 0.305 e. The molecule has 0 saturated heterocycles. The fourth-order valence-electron chi connectivity index (χ4n) is 2.73. The van der Waals surface area contributed by atoms with Gasteiger partial charge in [0.15, 0.2) is 0 Å². The number of carboxylic acid groups (broad SMARTS) is 1. The van der Waals surface area contributed by atoms with Gasteiger partial charge in [0.05, 0.1) is 12.0 Å². The summed E-state index contributed by atoms with van der Waals surface area (Å²) in [6.07, 6.45) is 3.39. The molecule has 0 radical (unpaired) electrons. The van der Waals surface area contributed by atoms with Gasteiger partial charge in [-0.25, -0.2) is 0 Å². The molecule has 0 aromatic heterocycles. The Morgan fingerprint density at radius 1 is 1.35 bits per heavy atom. The molecule has 2 N–H and O–H groups in total. The molecule has 108 valence electrons. The number of amides is 1. The first-order valence-corrected chi connectivity index (χ1v) is 7.52. The van der Waals surface area contributed by atoms with Gasteiger partial charge in [0, 0.05) is 10.0 Å². The fraction of sp³-hybridized carbons (Fsp3) is 0.467. The Morgan fingerprint density at radius 3 is 2.55 bits per heavy atom. The van der Waals surface area contributed by atoms with Crippen LogP contribution in [0.15, 0.2) is 22.7 Å².